The predicted octanol–water partition coefficient (Wildman–Crippen LogP) is 0.956. The fourth-order valence-electron chi connectivity index (χ4n) is 1.78. The highest BCUT2D eigenvalue weighted by molar-refractivity contribution is 5.79. The maximum absolute atomic E-state index is 11.1. The quantitative estimate of drug-likeness (QED) is 0.631. The molecule has 0 saturated heterocycles. The Labute approximate surface area is 72.7 Å². The third-order valence-electron chi connectivity index (χ3n) is 2.79. The highest BCUT2D eigenvalue weighted by Crippen LogP contribution is 2.57. The number of carbonyl (C=O) groups is 1. The Morgan fingerprint density at radius 1 is 1.67 bits per heavy atom. The summed E-state index contributed by atoms with van der Waals surface area (Å²) in [6.07, 6.45) is 0.884. The lowest BCUT2D eigenvalue weighted by molar-refractivity contribution is -0.163. The minimum absolute atomic E-state index is 0.0393. The Hall–Kier alpha value is -0.570. The first-order chi connectivity index (χ1) is 5.32. The van der Waals surface area contributed by atoms with E-state index in [0.717, 1.165) is 6.42 Å². The largest absolute Gasteiger partial charge is 0.467 e. The summed E-state index contributed by atoms with van der Waals surface area (Å²) in [5, 5.41) is 9.78. The van der Waals surface area contributed by atoms with Gasteiger partial charge >= 0.3 is 5.97 Å². The second-order valence-electron chi connectivity index (χ2n) is 4.38. The van der Waals surface area contributed by atoms with Crippen molar-refractivity contribution < 1.29 is 14.6 Å². The van der Waals surface area contributed by atoms with Crippen LogP contribution in [0.5, 0.6) is 0 Å². The Kier molecular flexibility index (Phi) is 1.95. The Morgan fingerprint density at radius 3 is 2.33 bits per heavy atom. The highest BCUT2D eigenvalue weighted by Gasteiger charge is 2.59. The standard InChI is InChI=1S/C9H16O3/c1-8(2)5-6(8)9(3,11)7(10)12-4/h6,11H,5H2,1-4H3. The molecule has 2 unspecified atom stereocenters. The molecule has 0 aromatic carbocycles. The van der Waals surface area contributed by atoms with Crippen molar-refractivity contribution in [2.75, 3.05) is 7.11 Å². The first-order valence-corrected chi connectivity index (χ1v) is 4.13. The van der Waals surface area contributed by atoms with E-state index < -0.39 is 11.6 Å². The van der Waals surface area contributed by atoms with E-state index in [2.05, 4.69) is 4.74 Å². The highest BCUT2D eigenvalue weighted by atomic mass is 16.5. The summed E-state index contributed by atoms with van der Waals surface area (Å²) in [4.78, 5) is 11.1. The van der Waals surface area contributed by atoms with Crippen LogP contribution in [0, 0.1) is 11.3 Å². The molecule has 12 heavy (non-hydrogen) atoms. The van der Waals surface area contributed by atoms with Crippen molar-refractivity contribution in [2.24, 2.45) is 11.3 Å². The minimum Gasteiger partial charge on any atom is -0.467 e. The number of ether oxygens (including phenoxy) is 1. The van der Waals surface area contributed by atoms with E-state index in [9.17, 15) is 9.90 Å². The van der Waals surface area contributed by atoms with E-state index in [1.54, 1.807) is 0 Å². The molecule has 0 heterocycles. The maximum atomic E-state index is 11.1. The molecule has 0 aromatic rings. The topological polar surface area (TPSA) is 46.5 Å². The van der Waals surface area contributed by atoms with Gasteiger partial charge < -0.3 is 9.84 Å². The van der Waals surface area contributed by atoms with Gasteiger partial charge in [0.15, 0.2) is 5.60 Å². The summed E-state index contributed by atoms with van der Waals surface area (Å²) in [6, 6.07) is 0. The average molecular weight is 172 g/mol. The van der Waals surface area contributed by atoms with Crippen LogP contribution in [0.3, 0.4) is 0 Å². The van der Waals surface area contributed by atoms with Gasteiger partial charge in [-0.2, -0.15) is 0 Å². The van der Waals surface area contributed by atoms with Gasteiger partial charge in [0.1, 0.15) is 0 Å². The maximum Gasteiger partial charge on any atom is 0.337 e. The van der Waals surface area contributed by atoms with Crippen molar-refractivity contribution in [1.29, 1.82) is 0 Å². The molecule has 3 nitrogen and oxygen atoms in total. The normalized spacial score (nSPS) is 30.6. The molecule has 0 aromatic heterocycles. The van der Waals surface area contributed by atoms with Crippen LogP contribution in [-0.4, -0.2) is 23.8 Å². The van der Waals surface area contributed by atoms with Crippen LogP contribution >= 0.6 is 0 Å². The third-order valence-corrected chi connectivity index (χ3v) is 2.79. The van der Waals surface area contributed by atoms with E-state index in [0.29, 0.717) is 0 Å². The number of aliphatic hydroxyl groups is 1. The van der Waals surface area contributed by atoms with Crippen LogP contribution in [0.4, 0.5) is 0 Å². The molecule has 1 N–H and O–H groups in total. The summed E-state index contributed by atoms with van der Waals surface area (Å²) < 4.78 is 4.52. The molecule has 1 aliphatic carbocycles. The SMILES string of the molecule is COC(=O)C(C)(O)C1CC1(C)C. The molecule has 1 saturated carbocycles. The molecule has 2 atom stereocenters. The molecule has 3 heteroatoms. The number of hydrogen-bond acceptors (Lipinski definition) is 3. The van der Waals surface area contributed by atoms with Crippen molar-refractivity contribution in [3.8, 4) is 0 Å². The van der Waals surface area contributed by atoms with Crippen LogP contribution in [0.15, 0.2) is 0 Å². The minimum atomic E-state index is -1.31. The van der Waals surface area contributed by atoms with E-state index in [1.807, 2.05) is 13.8 Å². The van der Waals surface area contributed by atoms with Crippen LogP contribution in [0.1, 0.15) is 27.2 Å². The predicted molar refractivity (Wildman–Crippen MR) is 44.5 cm³/mol. The number of hydrogen-bond donors (Lipinski definition) is 1. The molecule has 70 valence electrons. The van der Waals surface area contributed by atoms with Gasteiger partial charge in [-0.15, -0.1) is 0 Å². The average Bonchev–Trinajstić information content (AvgIpc) is 2.59. The number of carbonyl (C=O) groups excluding carboxylic acids is 1. The Morgan fingerprint density at radius 2 is 2.08 bits per heavy atom. The zero-order valence-electron chi connectivity index (χ0n) is 8.05. The molecule has 1 rings (SSSR count). The monoisotopic (exact) mass is 172 g/mol. The molecule has 0 radical (unpaired) electrons. The number of methoxy groups -OCH3 is 1. The van der Waals surface area contributed by atoms with E-state index >= 15 is 0 Å². The smallest absolute Gasteiger partial charge is 0.337 e. The third kappa shape index (κ3) is 1.33. The molecule has 0 amide bonds. The Balaban J connectivity index is 2.68. The van der Waals surface area contributed by atoms with Gasteiger partial charge in [0.05, 0.1) is 7.11 Å². The van der Waals surface area contributed by atoms with Crippen LogP contribution in [-0.2, 0) is 9.53 Å². The summed E-state index contributed by atoms with van der Waals surface area (Å²) in [5.41, 5.74) is -1.23. The van der Waals surface area contributed by atoms with Crippen LogP contribution in [0.2, 0.25) is 0 Å². The van der Waals surface area contributed by atoms with Crippen molar-refractivity contribution in [3.63, 3.8) is 0 Å². The zero-order valence-corrected chi connectivity index (χ0v) is 8.05. The molecular formula is C9H16O3. The first kappa shape index (κ1) is 9.52. The summed E-state index contributed by atoms with van der Waals surface area (Å²) in [7, 11) is 1.30. The van der Waals surface area contributed by atoms with Crippen LogP contribution in [0.25, 0.3) is 0 Å². The molecule has 1 fully saturated rings. The van der Waals surface area contributed by atoms with E-state index in [1.165, 1.54) is 14.0 Å². The van der Waals surface area contributed by atoms with Gasteiger partial charge in [0.25, 0.3) is 0 Å². The number of esters is 1. The van der Waals surface area contributed by atoms with Gasteiger partial charge in [-0.05, 0) is 18.8 Å². The Bertz CT molecular complexity index is 206. The summed E-state index contributed by atoms with van der Waals surface area (Å²) in [5.74, 6) is -0.490. The molecule has 0 bridgehead atoms. The van der Waals surface area contributed by atoms with Gasteiger partial charge in [-0.1, -0.05) is 13.8 Å². The second-order valence-corrected chi connectivity index (χ2v) is 4.38. The molecule has 0 spiro atoms. The fraction of sp³-hybridized carbons (Fsp3) is 0.889. The zero-order chi connectivity index (χ0) is 9.57. The second kappa shape index (κ2) is 2.46. The number of rotatable bonds is 2. The van der Waals surface area contributed by atoms with Gasteiger partial charge in [0.2, 0.25) is 0 Å². The summed E-state index contributed by atoms with van der Waals surface area (Å²) in [6.45, 7) is 5.60. The lowest BCUT2D eigenvalue weighted by atomic mass is 9.94. The molecular weight excluding hydrogens is 156 g/mol. The lowest BCUT2D eigenvalue weighted by Crippen LogP contribution is -2.39. The molecule has 0 aliphatic heterocycles. The van der Waals surface area contributed by atoms with Gasteiger partial charge in [-0.3, -0.25) is 0 Å². The van der Waals surface area contributed by atoms with Crippen molar-refractivity contribution in [1.82, 2.24) is 0 Å². The van der Waals surface area contributed by atoms with Crippen molar-refractivity contribution in [3.05, 3.63) is 0 Å². The van der Waals surface area contributed by atoms with E-state index in [4.69, 9.17) is 0 Å². The van der Waals surface area contributed by atoms with Crippen molar-refractivity contribution in [2.45, 2.75) is 32.8 Å². The van der Waals surface area contributed by atoms with Crippen LogP contribution < -0.4 is 0 Å². The lowest BCUT2D eigenvalue weighted by Gasteiger charge is -2.21. The van der Waals surface area contributed by atoms with Crippen molar-refractivity contribution >= 4 is 5.97 Å². The fourth-order valence-corrected chi connectivity index (χ4v) is 1.78. The summed E-state index contributed by atoms with van der Waals surface area (Å²) >= 11 is 0. The first-order valence-electron chi connectivity index (χ1n) is 4.13. The van der Waals surface area contributed by atoms with Gasteiger partial charge in [0, 0.05) is 5.92 Å². The van der Waals surface area contributed by atoms with Gasteiger partial charge in [-0.25, -0.2) is 4.79 Å². The van der Waals surface area contributed by atoms with E-state index in [-0.39, 0.29) is 11.3 Å². The molecule has 1 aliphatic rings.